The Balaban J connectivity index is 1.28. The monoisotopic (exact) mass is 535 g/mol. The van der Waals surface area contributed by atoms with Crippen LogP contribution < -0.4 is 20.2 Å². The Morgan fingerprint density at radius 1 is 1.00 bits per heavy atom. The molecule has 0 aliphatic heterocycles. The van der Waals surface area contributed by atoms with E-state index in [1.54, 1.807) is 48.5 Å². The lowest BCUT2D eigenvalue weighted by Gasteiger charge is -2.06. The number of benzene rings is 3. The highest BCUT2D eigenvalue weighted by molar-refractivity contribution is 7.21. The van der Waals surface area contributed by atoms with Crippen LogP contribution in [-0.2, 0) is 4.79 Å². The molecule has 0 spiro atoms. The maximum atomic E-state index is 12.7. The molecule has 0 saturated heterocycles. The number of esters is 1. The maximum absolute atomic E-state index is 12.7. The molecular formula is C27H22ClN3O5S. The van der Waals surface area contributed by atoms with Gasteiger partial charge in [-0.05, 0) is 55.0 Å². The second-order valence-corrected chi connectivity index (χ2v) is 9.07. The number of nitrogens with one attached hydrogen (secondary N) is 2. The van der Waals surface area contributed by atoms with Gasteiger partial charge in [-0.1, -0.05) is 41.9 Å². The second-order valence-electron chi connectivity index (χ2n) is 7.64. The van der Waals surface area contributed by atoms with Crippen LogP contribution >= 0.6 is 22.9 Å². The summed E-state index contributed by atoms with van der Waals surface area (Å²) in [5.74, 6) is -0.491. The summed E-state index contributed by atoms with van der Waals surface area (Å²) in [6.45, 7) is 2.15. The van der Waals surface area contributed by atoms with Crippen LogP contribution in [0.2, 0.25) is 5.02 Å². The van der Waals surface area contributed by atoms with Crippen LogP contribution in [-0.4, -0.2) is 37.1 Å². The van der Waals surface area contributed by atoms with Crippen LogP contribution in [0.25, 0.3) is 10.1 Å². The van der Waals surface area contributed by atoms with Crippen LogP contribution in [0.5, 0.6) is 11.5 Å². The Morgan fingerprint density at radius 3 is 2.54 bits per heavy atom. The van der Waals surface area contributed by atoms with E-state index >= 15 is 0 Å². The number of carbonyl (C=O) groups is 3. The van der Waals surface area contributed by atoms with Gasteiger partial charge in [0.05, 0.1) is 24.4 Å². The lowest BCUT2D eigenvalue weighted by atomic mass is 10.2. The molecule has 3 aromatic carbocycles. The number of rotatable bonds is 9. The third kappa shape index (κ3) is 6.72. The lowest BCUT2D eigenvalue weighted by molar-refractivity contribution is -0.120. The Hall–Kier alpha value is -4.21. The molecule has 0 saturated carbocycles. The van der Waals surface area contributed by atoms with Gasteiger partial charge < -0.3 is 14.8 Å². The van der Waals surface area contributed by atoms with Crippen LogP contribution in [0.15, 0.2) is 77.9 Å². The van der Waals surface area contributed by atoms with E-state index in [0.717, 1.165) is 10.1 Å². The molecule has 4 aromatic rings. The van der Waals surface area contributed by atoms with Crippen molar-refractivity contribution in [2.45, 2.75) is 6.92 Å². The molecule has 1 aromatic heterocycles. The number of halogens is 1. The molecule has 0 bridgehead atoms. The third-order valence-electron chi connectivity index (χ3n) is 5.03. The fraction of sp³-hybridized carbons (Fsp3) is 0.111. The molecule has 37 heavy (non-hydrogen) atoms. The van der Waals surface area contributed by atoms with Crippen LogP contribution in [0.1, 0.15) is 32.5 Å². The molecule has 2 N–H and O–H groups in total. The summed E-state index contributed by atoms with van der Waals surface area (Å²) in [5.41, 5.74) is 3.34. The predicted molar refractivity (Wildman–Crippen MR) is 144 cm³/mol. The van der Waals surface area contributed by atoms with Gasteiger partial charge in [-0.3, -0.25) is 9.59 Å². The van der Waals surface area contributed by atoms with Gasteiger partial charge in [-0.25, -0.2) is 10.2 Å². The van der Waals surface area contributed by atoms with Gasteiger partial charge in [0, 0.05) is 15.6 Å². The smallest absolute Gasteiger partial charge is 0.355 e. The van der Waals surface area contributed by atoms with Gasteiger partial charge in [0.15, 0.2) is 0 Å². The largest absolute Gasteiger partial charge is 0.494 e. The van der Waals surface area contributed by atoms with Crippen molar-refractivity contribution in [1.29, 1.82) is 0 Å². The molecule has 0 atom stereocenters. The summed E-state index contributed by atoms with van der Waals surface area (Å²) in [6.07, 6.45) is 1.40. The fourth-order valence-electron chi connectivity index (χ4n) is 3.31. The number of nitrogens with zero attached hydrogens (tertiary/aromatic N) is 1. The molecule has 0 fully saturated rings. The highest BCUT2D eigenvalue weighted by atomic mass is 35.5. The molecule has 2 amide bonds. The average Bonchev–Trinajstić information content (AvgIpc) is 3.25. The first-order chi connectivity index (χ1) is 17.9. The summed E-state index contributed by atoms with van der Waals surface area (Å²) >= 11 is 7.63. The summed E-state index contributed by atoms with van der Waals surface area (Å²) in [6, 6.07) is 20.7. The number of amides is 2. The number of thiophene rings is 1. The van der Waals surface area contributed by atoms with Crippen molar-refractivity contribution >= 4 is 57.0 Å². The van der Waals surface area contributed by atoms with Crippen LogP contribution in [0.3, 0.4) is 0 Å². The van der Waals surface area contributed by atoms with Crippen molar-refractivity contribution in [2.75, 3.05) is 13.2 Å². The Labute approximate surface area is 221 Å². The quantitative estimate of drug-likeness (QED) is 0.135. The first-order valence-corrected chi connectivity index (χ1v) is 12.5. The summed E-state index contributed by atoms with van der Waals surface area (Å²) < 4.78 is 11.7. The Bertz CT molecular complexity index is 1470. The molecule has 4 rings (SSSR count). The zero-order chi connectivity index (χ0) is 26.2. The molecule has 8 nitrogen and oxygen atoms in total. The van der Waals surface area contributed by atoms with Gasteiger partial charge >= 0.3 is 5.97 Å². The summed E-state index contributed by atoms with van der Waals surface area (Å²) in [4.78, 5) is 37.2. The van der Waals surface area contributed by atoms with E-state index in [1.807, 2.05) is 31.2 Å². The predicted octanol–water partition coefficient (Wildman–Crippen LogP) is 5.05. The van der Waals surface area contributed by atoms with Gasteiger partial charge in [0.2, 0.25) is 0 Å². The number of hydrogen-bond acceptors (Lipinski definition) is 7. The van der Waals surface area contributed by atoms with E-state index in [0.29, 0.717) is 39.1 Å². The molecule has 188 valence electrons. The van der Waals surface area contributed by atoms with E-state index in [-0.39, 0.29) is 6.54 Å². The first-order valence-electron chi connectivity index (χ1n) is 11.3. The minimum Gasteiger partial charge on any atom is -0.494 e. The highest BCUT2D eigenvalue weighted by Gasteiger charge is 2.19. The normalized spacial score (nSPS) is 10.9. The Kier molecular flexibility index (Phi) is 8.50. The molecule has 1 heterocycles. The molecule has 10 heteroatoms. The van der Waals surface area contributed by atoms with Crippen molar-refractivity contribution in [1.82, 2.24) is 10.7 Å². The maximum Gasteiger partial charge on any atom is 0.355 e. The number of carbonyl (C=O) groups excluding carboxylic acids is 3. The van der Waals surface area contributed by atoms with E-state index in [1.165, 1.54) is 17.6 Å². The van der Waals surface area contributed by atoms with Gasteiger partial charge in [0.25, 0.3) is 11.8 Å². The molecular weight excluding hydrogens is 514 g/mol. The van der Waals surface area contributed by atoms with Crippen LogP contribution in [0, 0.1) is 0 Å². The third-order valence-corrected chi connectivity index (χ3v) is 6.68. The topological polar surface area (TPSA) is 106 Å². The van der Waals surface area contributed by atoms with Gasteiger partial charge in [-0.15, -0.1) is 11.3 Å². The van der Waals surface area contributed by atoms with Crippen molar-refractivity contribution in [3.63, 3.8) is 0 Å². The number of ether oxygens (including phenoxy) is 2. The number of hydrogen-bond donors (Lipinski definition) is 2. The molecule has 0 radical (unpaired) electrons. The first kappa shape index (κ1) is 25.9. The zero-order valence-corrected chi connectivity index (χ0v) is 21.3. The van der Waals surface area contributed by atoms with E-state index in [4.69, 9.17) is 21.1 Å². The van der Waals surface area contributed by atoms with Crippen molar-refractivity contribution in [3.8, 4) is 11.5 Å². The molecule has 0 aliphatic carbocycles. The van der Waals surface area contributed by atoms with Gasteiger partial charge in [-0.2, -0.15) is 5.10 Å². The van der Waals surface area contributed by atoms with Crippen molar-refractivity contribution in [2.24, 2.45) is 5.10 Å². The minimum absolute atomic E-state index is 0.253. The molecule has 0 unspecified atom stereocenters. The highest BCUT2D eigenvalue weighted by Crippen LogP contribution is 2.35. The number of fused-ring (bicyclic) bond motifs is 1. The van der Waals surface area contributed by atoms with Crippen molar-refractivity contribution < 1.29 is 23.9 Å². The van der Waals surface area contributed by atoms with Gasteiger partial charge in [0.1, 0.15) is 16.4 Å². The number of hydrazone groups is 1. The Morgan fingerprint density at radius 2 is 1.78 bits per heavy atom. The van der Waals surface area contributed by atoms with E-state index in [2.05, 4.69) is 15.8 Å². The van der Waals surface area contributed by atoms with E-state index < -0.39 is 17.8 Å². The van der Waals surface area contributed by atoms with Crippen LogP contribution in [0.4, 0.5) is 0 Å². The lowest BCUT2D eigenvalue weighted by Crippen LogP contribution is -2.34. The van der Waals surface area contributed by atoms with E-state index in [9.17, 15) is 14.4 Å². The average molecular weight is 536 g/mol. The SMILES string of the molecule is CCOc1ccc(C(=O)NCC(=O)N/N=C\c2cccc(OC(=O)c3sc4ccccc4c3Cl)c2)cc1. The summed E-state index contributed by atoms with van der Waals surface area (Å²) in [7, 11) is 0. The second kappa shape index (κ2) is 12.2. The summed E-state index contributed by atoms with van der Waals surface area (Å²) in [5, 5.41) is 7.58. The zero-order valence-electron chi connectivity index (χ0n) is 19.7. The fourth-order valence-corrected chi connectivity index (χ4v) is 4.69. The van der Waals surface area contributed by atoms with Crippen molar-refractivity contribution in [3.05, 3.63) is 93.8 Å². The standard InChI is InChI=1S/C27H22ClN3O5S/c1-2-35-19-12-10-18(11-13-19)26(33)29-16-23(32)31-30-15-17-6-5-7-20(14-17)36-27(34)25-24(28)21-8-3-4-9-22(21)37-25/h3-15H,2,16H2,1H3,(H,29,33)(H,31,32)/b30-15-. The minimum atomic E-state index is -0.558. The molecule has 0 aliphatic rings.